The molecule has 1 aromatic carbocycles. The maximum Gasteiger partial charge on any atom is 0.296 e. The van der Waals surface area contributed by atoms with E-state index in [0.717, 1.165) is 12.5 Å². The molecule has 1 aromatic heterocycles. The van der Waals surface area contributed by atoms with Crippen LogP contribution >= 0.6 is 0 Å². The van der Waals surface area contributed by atoms with Crippen LogP contribution in [0.2, 0.25) is 18.1 Å². The third-order valence-corrected chi connectivity index (χ3v) is 10.7. The number of anilines is 1. The average molecular weight is 409 g/mol. The molecule has 28 heavy (non-hydrogen) atoms. The van der Waals surface area contributed by atoms with E-state index in [2.05, 4.69) is 51.0 Å². The minimum Gasteiger partial charge on any atom is -0.415 e. The van der Waals surface area contributed by atoms with E-state index in [1.807, 2.05) is 4.90 Å². The van der Waals surface area contributed by atoms with Gasteiger partial charge in [-0.3, -0.25) is 15.2 Å². The van der Waals surface area contributed by atoms with Gasteiger partial charge in [-0.25, -0.2) is 4.39 Å². The second-order valence-electron chi connectivity index (χ2n) is 9.36. The fraction of sp³-hybridized carbons (Fsp3) is 0.632. The second-order valence-corrected chi connectivity index (χ2v) is 14.2. The Labute approximate surface area is 165 Å². The number of hydrogen-bond acceptors (Lipinski definition) is 5. The van der Waals surface area contributed by atoms with E-state index >= 15 is 0 Å². The molecule has 0 aliphatic carbocycles. The molecular formula is C19H29FN4O3Si. The molecule has 3 rings (SSSR count). The molecular weight excluding hydrogens is 379 g/mol. The van der Waals surface area contributed by atoms with Gasteiger partial charge in [0.2, 0.25) is 0 Å². The highest BCUT2D eigenvalue weighted by Gasteiger charge is 2.41. The van der Waals surface area contributed by atoms with E-state index in [9.17, 15) is 14.5 Å². The number of benzene rings is 1. The summed E-state index contributed by atoms with van der Waals surface area (Å²) in [5.41, 5.74) is 0.408. The van der Waals surface area contributed by atoms with Crippen LogP contribution in [-0.4, -0.2) is 42.6 Å². The lowest BCUT2D eigenvalue weighted by Crippen LogP contribution is -2.45. The molecule has 2 atom stereocenters. The van der Waals surface area contributed by atoms with Crippen molar-refractivity contribution in [3.05, 3.63) is 28.2 Å². The number of fused-ring (bicyclic) bond motifs is 1. The summed E-state index contributed by atoms with van der Waals surface area (Å²) in [5, 5.41) is 18.8. The Bertz CT molecular complexity index is 893. The molecule has 0 radical (unpaired) electrons. The minimum absolute atomic E-state index is 0.00591. The first-order valence-corrected chi connectivity index (χ1v) is 12.5. The van der Waals surface area contributed by atoms with Gasteiger partial charge < -0.3 is 9.33 Å². The van der Waals surface area contributed by atoms with Crippen molar-refractivity contribution in [2.24, 2.45) is 5.92 Å². The van der Waals surface area contributed by atoms with Gasteiger partial charge in [-0.15, -0.1) is 0 Å². The van der Waals surface area contributed by atoms with Gasteiger partial charge in [0.15, 0.2) is 14.1 Å². The van der Waals surface area contributed by atoms with Crippen LogP contribution in [0.1, 0.15) is 34.1 Å². The summed E-state index contributed by atoms with van der Waals surface area (Å²) in [6.45, 7) is 14.3. The number of aromatic amines is 1. The monoisotopic (exact) mass is 408 g/mol. The summed E-state index contributed by atoms with van der Waals surface area (Å²) < 4.78 is 20.7. The van der Waals surface area contributed by atoms with Crippen molar-refractivity contribution in [1.29, 1.82) is 0 Å². The standard InChI is InChI=1S/C19H29FN4O3Si/c1-12-7-13(11-27-28(5,6)19(2,3)4)23(10-12)18-14-9-21-22-17(14)15(20)8-16(18)24(25)26/h8-9,12-13H,7,10-11H2,1-6H3,(H,21,22)/t12-,13-/m0/s1. The third-order valence-electron chi connectivity index (χ3n) is 6.19. The van der Waals surface area contributed by atoms with Crippen molar-refractivity contribution in [2.45, 2.75) is 58.3 Å². The van der Waals surface area contributed by atoms with Crippen LogP contribution in [0.4, 0.5) is 15.8 Å². The molecule has 0 bridgehead atoms. The number of nitro groups is 1. The van der Waals surface area contributed by atoms with Crippen LogP contribution in [0.25, 0.3) is 10.9 Å². The molecule has 0 amide bonds. The molecule has 1 fully saturated rings. The largest absolute Gasteiger partial charge is 0.415 e. The van der Waals surface area contributed by atoms with E-state index in [1.165, 1.54) is 6.20 Å². The van der Waals surface area contributed by atoms with Crippen LogP contribution in [0.5, 0.6) is 0 Å². The lowest BCUT2D eigenvalue weighted by molar-refractivity contribution is -0.384. The number of nitro benzene ring substituents is 1. The molecule has 9 heteroatoms. The maximum atomic E-state index is 14.3. The number of aromatic nitrogens is 2. The summed E-state index contributed by atoms with van der Waals surface area (Å²) in [6, 6.07) is 0.997. The van der Waals surface area contributed by atoms with Gasteiger partial charge in [0.1, 0.15) is 11.2 Å². The summed E-state index contributed by atoms with van der Waals surface area (Å²) in [6.07, 6.45) is 2.35. The molecule has 0 spiro atoms. The van der Waals surface area contributed by atoms with Gasteiger partial charge in [-0.2, -0.15) is 5.10 Å². The number of rotatable bonds is 5. The number of halogens is 1. The van der Waals surface area contributed by atoms with E-state index < -0.39 is 19.1 Å². The van der Waals surface area contributed by atoms with Crippen LogP contribution in [-0.2, 0) is 4.43 Å². The summed E-state index contributed by atoms with van der Waals surface area (Å²) in [5.74, 6) is -0.302. The molecule has 2 aromatic rings. The molecule has 154 valence electrons. The molecule has 1 aliphatic rings. The topological polar surface area (TPSA) is 84.3 Å². The first-order chi connectivity index (χ1) is 12.9. The zero-order valence-electron chi connectivity index (χ0n) is 17.4. The van der Waals surface area contributed by atoms with Crippen LogP contribution in [0.15, 0.2) is 12.3 Å². The zero-order valence-corrected chi connectivity index (χ0v) is 18.4. The summed E-state index contributed by atoms with van der Waals surface area (Å²) in [7, 11) is -1.95. The van der Waals surface area contributed by atoms with Crippen molar-refractivity contribution in [2.75, 3.05) is 18.1 Å². The Kier molecular flexibility index (Phi) is 5.26. The van der Waals surface area contributed by atoms with Crippen molar-refractivity contribution < 1.29 is 13.7 Å². The first kappa shape index (κ1) is 20.7. The fourth-order valence-corrected chi connectivity index (χ4v) is 4.63. The lowest BCUT2D eigenvalue weighted by Gasteiger charge is -2.38. The SMILES string of the molecule is C[C@H]1C[C@@H](CO[Si](C)(C)C(C)(C)C)N(c2c([N+](=O)[O-])cc(F)c3[nH]ncc23)C1. The normalized spacial score (nSPS) is 20.9. The number of H-pyrrole nitrogens is 1. The highest BCUT2D eigenvalue weighted by atomic mass is 28.4. The second kappa shape index (κ2) is 7.11. The van der Waals surface area contributed by atoms with E-state index in [1.54, 1.807) is 0 Å². The minimum atomic E-state index is -1.95. The molecule has 1 aliphatic heterocycles. The molecule has 1 saturated heterocycles. The Morgan fingerprint density at radius 1 is 1.46 bits per heavy atom. The zero-order chi connectivity index (χ0) is 20.9. The average Bonchev–Trinajstić information content (AvgIpc) is 3.19. The Morgan fingerprint density at radius 2 is 2.14 bits per heavy atom. The van der Waals surface area contributed by atoms with Gasteiger partial charge in [0, 0.05) is 6.54 Å². The predicted molar refractivity (Wildman–Crippen MR) is 111 cm³/mol. The quantitative estimate of drug-likeness (QED) is 0.434. The summed E-state index contributed by atoms with van der Waals surface area (Å²) in [4.78, 5) is 13.2. The van der Waals surface area contributed by atoms with Crippen LogP contribution < -0.4 is 4.90 Å². The highest BCUT2D eigenvalue weighted by molar-refractivity contribution is 6.74. The molecule has 1 N–H and O–H groups in total. The smallest absolute Gasteiger partial charge is 0.296 e. The van der Waals surface area contributed by atoms with Crippen molar-refractivity contribution in [1.82, 2.24) is 10.2 Å². The van der Waals surface area contributed by atoms with E-state index in [4.69, 9.17) is 4.43 Å². The van der Waals surface area contributed by atoms with E-state index in [-0.39, 0.29) is 22.3 Å². The van der Waals surface area contributed by atoms with Gasteiger partial charge in [0.05, 0.1) is 35.2 Å². The first-order valence-electron chi connectivity index (χ1n) is 9.63. The van der Waals surface area contributed by atoms with Crippen molar-refractivity contribution in [3.8, 4) is 0 Å². The van der Waals surface area contributed by atoms with Crippen molar-refractivity contribution >= 4 is 30.6 Å². The molecule has 0 unspecified atom stereocenters. The highest BCUT2D eigenvalue weighted by Crippen LogP contribution is 2.42. The Balaban J connectivity index is 2.00. The Hall–Kier alpha value is -2.00. The van der Waals surface area contributed by atoms with E-state index in [0.29, 0.717) is 30.1 Å². The fourth-order valence-electron chi connectivity index (χ4n) is 3.59. The van der Waals surface area contributed by atoms with Gasteiger partial charge in [-0.1, -0.05) is 27.7 Å². The number of hydrogen-bond donors (Lipinski definition) is 1. The molecule has 2 heterocycles. The third kappa shape index (κ3) is 3.65. The molecule has 7 nitrogen and oxygen atoms in total. The summed E-state index contributed by atoms with van der Waals surface area (Å²) >= 11 is 0. The van der Waals surface area contributed by atoms with Gasteiger partial charge in [0.25, 0.3) is 5.69 Å². The predicted octanol–water partition coefficient (Wildman–Crippen LogP) is 4.85. The maximum absolute atomic E-state index is 14.3. The van der Waals surface area contributed by atoms with Crippen LogP contribution in [0, 0.1) is 21.8 Å². The lowest BCUT2D eigenvalue weighted by atomic mass is 10.1. The van der Waals surface area contributed by atoms with Crippen LogP contribution in [0.3, 0.4) is 0 Å². The number of nitrogens with zero attached hydrogens (tertiary/aromatic N) is 3. The van der Waals surface area contributed by atoms with Crippen molar-refractivity contribution in [3.63, 3.8) is 0 Å². The Morgan fingerprint density at radius 3 is 2.75 bits per heavy atom. The molecule has 0 saturated carbocycles. The van der Waals surface area contributed by atoms with Gasteiger partial charge >= 0.3 is 0 Å². The number of nitrogens with one attached hydrogen (secondary N) is 1. The van der Waals surface area contributed by atoms with Gasteiger partial charge in [-0.05, 0) is 30.5 Å².